The molecule has 0 saturated carbocycles. The Labute approximate surface area is 117 Å². The molecule has 1 aromatic carbocycles. The van der Waals surface area contributed by atoms with Crippen LogP contribution < -0.4 is 10.1 Å². The van der Waals surface area contributed by atoms with Crippen molar-refractivity contribution < 1.29 is 4.74 Å². The van der Waals surface area contributed by atoms with Crippen molar-refractivity contribution in [3.63, 3.8) is 0 Å². The third-order valence-electron chi connectivity index (χ3n) is 3.33. The molecule has 0 bridgehead atoms. The largest absolute Gasteiger partial charge is 0.493 e. The molecule has 1 heterocycles. The highest BCUT2D eigenvalue weighted by Crippen LogP contribution is 2.31. The number of para-hydroxylation sites is 1. The molecule has 1 N–H and O–H groups in total. The lowest BCUT2D eigenvalue weighted by Gasteiger charge is -2.23. The monoisotopic (exact) mass is 269 g/mol. The van der Waals surface area contributed by atoms with Gasteiger partial charge < -0.3 is 10.1 Å². The Morgan fingerprint density at radius 3 is 2.61 bits per heavy atom. The fourth-order valence-electron chi connectivity index (χ4n) is 2.28. The van der Waals surface area contributed by atoms with Crippen LogP contribution in [0.15, 0.2) is 24.3 Å². The Morgan fingerprint density at radius 1 is 1.28 bits per heavy atom. The summed E-state index contributed by atoms with van der Waals surface area (Å²) in [5.74, 6) is 1.72. The average Bonchev–Trinajstić information content (AvgIpc) is 2.78. The van der Waals surface area contributed by atoms with Crippen LogP contribution in [0.3, 0.4) is 0 Å². The quantitative estimate of drug-likeness (QED) is 0.908. The summed E-state index contributed by atoms with van der Waals surface area (Å²) in [6.45, 7) is 9.75. The number of rotatable bonds is 3. The fourth-order valence-corrected chi connectivity index (χ4v) is 2.28. The summed E-state index contributed by atoms with van der Waals surface area (Å²) in [6.07, 6.45) is 1.23. The van der Waals surface area contributed by atoms with Crippen molar-refractivity contribution in [2.24, 2.45) is 5.92 Å². The topological polar surface area (TPSA) is 21.3 Å². The van der Waals surface area contributed by atoms with Gasteiger partial charge in [0.25, 0.3) is 0 Å². The van der Waals surface area contributed by atoms with Crippen LogP contribution in [0.1, 0.15) is 32.8 Å². The normalized spacial score (nSPS) is 19.4. The standard InChI is InChI=1S/C15H23NO.ClH/c1-15(2,3)13-6-4-5-7-14(13)17-11-12-8-9-16-10-12;/h4-7,12,16H,8-11H2,1-3H3;1H. The smallest absolute Gasteiger partial charge is 0.123 e. The molecule has 2 nitrogen and oxygen atoms in total. The predicted octanol–water partition coefficient (Wildman–Crippen LogP) is 3.39. The van der Waals surface area contributed by atoms with E-state index in [9.17, 15) is 0 Å². The van der Waals surface area contributed by atoms with Gasteiger partial charge in [0.1, 0.15) is 5.75 Å². The van der Waals surface area contributed by atoms with Crippen LogP contribution in [0.25, 0.3) is 0 Å². The lowest BCUT2D eigenvalue weighted by molar-refractivity contribution is 0.254. The van der Waals surface area contributed by atoms with Gasteiger partial charge in [-0.25, -0.2) is 0 Å². The third kappa shape index (κ3) is 3.89. The first-order chi connectivity index (χ1) is 8.07. The first-order valence-corrected chi connectivity index (χ1v) is 6.50. The maximum atomic E-state index is 6.01. The van der Waals surface area contributed by atoms with E-state index in [-0.39, 0.29) is 17.8 Å². The maximum absolute atomic E-state index is 6.01. The van der Waals surface area contributed by atoms with Crippen LogP contribution in [0.2, 0.25) is 0 Å². The summed E-state index contributed by atoms with van der Waals surface area (Å²) >= 11 is 0. The molecule has 3 heteroatoms. The summed E-state index contributed by atoms with van der Waals surface area (Å²) in [5, 5.41) is 3.37. The van der Waals surface area contributed by atoms with Crippen molar-refractivity contribution in [3.05, 3.63) is 29.8 Å². The summed E-state index contributed by atoms with van der Waals surface area (Å²) in [4.78, 5) is 0. The molecule has 102 valence electrons. The highest BCUT2D eigenvalue weighted by molar-refractivity contribution is 5.85. The number of hydrogen-bond acceptors (Lipinski definition) is 2. The molecule has 2 rings (SSSR count). The predicted molar refractivity (Wildman–Crippen MR) is 78.9 cm³/mol. The first-order valence-electron chi connectivity index (χ1n) is 6.50. The van der Waals surface area contributed by atoms with E-state index < -0.39 is 0 Å². The lowest BCUT2D eigenvalue weighted by atomic mass is 9.86. The second-order valence-corrected chi connectivity index (χ2v) is 5.92. The van der Waals surface area contributed by atoms with E-state index in [2.05, 4.69) is 50.4 Å². The van der Waals surface area contributed by atoms with Gasteiger partial charge in [0.15, 0.2) is 0 Å². The van der Waals surface area contributed by atoms with Crippen molar-refractivity contribution in [2.45, 2.75) is 32.6 Å². The summed E-state index contributed by atoms with van der Waals surface area (Å²) in [6, 6.07) is 8.40. The molecule has 1 fully saturated rings. The molecule has 1 atom stereocenters. The van der Waals surface area contributed by atoms with E-state index in [1.54, 1.807) is 0 Å². The van der Waals surface area contributed by atoms with Crippen LogP contribution in [-0.4, -0.2) is 19.7 Å². The van der Waals surface area contributed by atoms with Crippen LogP contribution >= 0.6 is 12.4 Å². The van der Waals surface area contributed by atoms with E-state index in [0.717, 1.165) is 25.4 Å². The van der Waals surface area contributed by atoms with Crippen LogP contribution in [0.5, 0.6) is 5.75 Å². The SMILES string of the molecule is CC(C)(C)c1ccccc1OCC1CCNC1.Cl. The second-order valence-electron chi connectivity index (χ2n) is 5.92. The van der Waals surface area contributed by atoms with Gasteiger partial charge >= 0.3 is 0 Å². The molecule has 0 amide bonds. The third-order valence-corrected chi connectivity index (χ3v) is 3.33. The van der Waals surface area contributed by atoms with Crippen LogP contribution in [-0.2, 0) is 5.41 Å². The molecule has 1 aliphatic rings. The average molecular weight is 270 g/mol. The van der Waals surface area contributed by atoms with Crippen LogP contribution in [0.4, 0.5) is 0 Å². The van der Waals surface area contributed by atoms with Crippen molar-refractivity contribution in [1.82, 2.24) is 5.32 Å². The number of benzene rings is 1. The Balaban J connectivity index is 0.00000162. The number of hydrogen-bond donors (Lipinski definition) is 1. The molecule has 1 saturated heterocycles. The zero-order chi connectivity index (χ0) is 12.3. The minimum absolute atomic E-state index is 0. The maximum Gasteiger partial charge on any atom is 0.123 e. The van der Waals surface area contributed by atoms with Gasteiger partial charge in [-0.2, -0.15) is 0 Å². The van der Waals surface area contributed by atoms with Gasteiger partial charge in [0, 0.05) is 12.5 Å². The molecule has 0 spiro atoms. The zero-order valence-electron chi connectivity index (χ0n) is 11.5. The van der Waals surface area contributed by atoms with Gasteiger partial charge in [-0.3, -0.25) is 0 Å². The second kappa shape index (κ2) is 6.44. The van der Waals surface area contributed by atoms with Crippen molar-refractivity contribution in [1.29, 1.82) is 0 Å². The molecule has 0 aromatic heterocycles. The Kier molecular flexibility index (Phi) is 5.48. The van der Waals surface area contributed by atoms with Gasteiger partial charge in [-0.05, 0) is 30.0 Å². The number of ether oxygens (including phenoxy) is 1. The summed E-state index contributed by atoms with van der Waals surface area (Å²) in [5.41, 5.74) is 1.44. The molecule has 1 aliphatic heterocycles. The molecular formula is C15H24ClNO. The molecule has 18 heavy (non-hydrogen) atoms. The van der Waals surface area contributed by atoms with Crippen molar-refractivity contribution >= 4 is 12.4 Å². The Hall–Kier alpha value is -0.730. The van der Waals surface area contributed by atoms with E-state index in [1.807, 2.05) is 0 Å². The highest BCUT2D eigenvalue weighted by atomic mass is 35.5. The molecule has 1 aromatic rings. The van der Waals surface area contributed by atoms with Gasteiger partial charge in [-0.15, -0.1) is 12.4 Å². The highest BCUT2D eigenvalue weighted by Gasteiger charge is 2.20. The Morgan fingerprint density at radius 2 is 2.00 bits per heavy atom. The zero-order valence-corrected chi connectivity index (χ0v) is 12.3. The van der Waals surface area contributed by atoms with Crippen molar-refractivity contribution in [3.8, 4) is 5.75 Å². The molecule has 1 unspecified atom stereocenters. The van der Waals surface area contributed by atoms with Crippen LogP contribution in [0, 0.1) is 5.92 Å². The van der Waals surface area contributed by atoms with E-state index >= 15 is 0 Å². The van der Waals surface area contributed by atoms with E-state index in [1.165, 1.54) is 12.0 Å². The number of halogens is 1. The molecule has 0 aliphatic carbocycles. The summed E-state index contributed by atoms with van der Waals surface area (Å²) < 4.78 is 6.01. The number of nitrogens with one attached hydrogen (secondary N) is 1. The molecule has 0 radical (unpaired) electrons. The minimum Gasteiger partial charge on any atom is -0.493 e. The van der Waals surface area contributed by atoms with E-state index in [0.29, 0.717) is 5.92 Å². The van der Waals surface area contributed by atoms with Gasteiger partial charge in [0.2, 0.25) is 0 Å². The minimum atomic E-state index is 0. The first kappa shape index (κ1) is 15.3. The van der Waals surface area contributed by atoms with Crippen molar-refractivity contribution in [2.75, 3.05) is 19.7 Å². The Bertz CT molecular complexity index is 367. The summed E-state index contributed by atoms with van der Waals surface area (Å²) in [7, 11) is 0. The van der Waals surface area contributed by atoms with Gasteiger partial charge in [-0.1, -0.05) is 39.0 Å². The lowest BCUT2D eigenvalue weighted by Crippen LogP contribution is -2.18. The molecular weight excluding hydrogens is 246 g/mol. The van der Waals surface area contributed by atoms with Gasteiger partial charge in [0.05, 0.1) is 6.61 Å². The van der Waals surface area contributed by atoms with E-state index in [4.69, 9.17) is 4.74 Å². The fraction of sp³-hybridized carbons (Fsp3) is 0.600.